The molecule has 7 heteroatoms. The van der Waals surface area contributed by atoms with Crippen molar-refractivity contribution in [3.8, 4) is 11.5 Å². The average molecular weight is 274 g/mol. The molecule has 2 rings (SSSR count). The molecule has 0 saturated carbocycles. The number of benzene rings is 1. The molecule has 0 radical (unpaired) electrons. The van der Waals surface area contributed by atoms with Crippen LogP contribution in [-0.2, 0) is 16.6 Å². The number of fused-ring (bicyclic) bond motifs is 1. The number of esters is 1. The maximum Gasteiger partial charge on any atom is 0.375 e. The summed E-state index contributed by atoms with van der Waals surface area (Å²) in [6, 6.07) is 4.74. The standard InChI is InChI=1S/C10H11O5PS/c1-6-4-10(11)14-9-5-7(2-3-8(6)9)15-16(12,13)17/h2-3,5-6H,4H2,1H3,(H2,12,13,17). The van der Waals surface area contributed by atoms with E-state index in [2.05, 4.69) is 11.8 Å². The topological polar surface area (TPSA) is 76.0 Å². The highest BCUT2D eigenvalue weighted by atomic mass is 32.5. The van der Waals surface area contributed by atoms with Gasteiger partial charge in [0, 0.05) is 17.9 Å². The SMILES string of the molecule is CC1CC(=O)Oc2cc(OP(O)(O)=S)ccc21. The summed E-state index contributed by atoms with van der Waals surface area (Å²) in [6.07, 6.45) is 0.338. The van der Waals surface area contributed by atoms with Gasteiger partial charge in [-0.3, -0.25) is 4.79 Å². The minimum absolute atomic E-state index is 0.0756. The van der Waals surface area contributed by atoms with Crippen LogP contribution in [0.2, 0.25) is 0 Å². The van der Waals surface area contributed by atoms with Crippen LogP contribution in [0, 0.1) is 0 Å². The second-order valence-corrected chi connectivity index (χ2v) is 6.45. The van der Waals surface area contributed by atoms with Crippen molar-refractivity contribution < 1.29 is 23.8 Å². The average Bonchev–Trinajstić information content (AvgIpc) is 2.13. The molecule has 0 bridgehead atoms. The van der Waals surface area contributed by atoms with Crippen molar-refractivity contribution in [2.24, 2.45) is 0 Å². The Balaban J connectivity index is 2.33. The molecule has 0 amide bonds. The van der Waals surface area contributed by atoms with Gasteiger partial charge in [-0.05, 0) is 17.5 Å². The van der Waals surface area contributed by atoms with Crippen LogP contribution in [-0.4, -0.2) is 15.8 Å². The predicted octanol–water partition coefficient (Wildman–Crippen LogP) is 1.69. The molecule has 0 aliphatic carbocycles. The van der Waals surface area contributed by atoms with E-state index in [1.165, 1.54) is 6.07 Å². The maximum absolute atomic E-state index is 11.3. The van der Waals surface area contributed by atoms with E-state index in [9.17, 15) is 4.79 Å². The zero-order chi connectivity index (χ0) is 12.6. The minimum Gasteiger partial charge on any atom is -0.426 e. The summed E-state index contributed by atoms with van der Waals surface area (Å²) in [5, 5.41) is 0. The Morgan fingerprint density at radius 3 is 2.88 bits per heavy atom. The second-order valence-electron chi connectivity index (χ2n) is 3.86. The lowest BCUT2D eigenvalue weighted by Crippen LogP contribution is -2.18. The molecule has 92 valence electrons. The van der Waals surface area contributed by atoms with Crippen LogP contribution in [0.4, 0.5) is 0 Å². The van der Waals surface area contributed by atoms with Crippen molar-refractivity contribution in [1.82, 2.24) is 0 Å². The van der Waals surface area contributed by atoms with Crippen LogP contribution >= 0.6 is 6.72 Å². The largest absolute Gasteiger partial charge is 0.426 e. The first kappa shape index (κ1) is 12.5. The molecular formula is C10H11O5PS. The lowest BCUT2D eigenvalue weighted by molar-refractivity contribution is -0.135. The molecule has 1 aromatic carbocycles. The van der Waals surface area contributed by atoms with Gasteiger partial charge in [0.1, 0.15) is 11.5 Å². The summed E-state index contributed by atoms with van der Waals surface area (Å²) in [4.78, 5) is 29.3. The Hall–Kier alpha value is -0.940. The highest BCUT2D eigenvalue weighted by molar-refractivity contribution is 8.06. The van der Waals surface area contributed by atoms with Crippen molar-refractivity contribution in [3.05, 3.63) is 23.8 Å². The van der Waals surface area contributed by atoms with E-state index in [1.807, 2.05) is 6.92 Å². The van der Waals surface area contributed by atoms with Gasteiger partial charge < -0.3 is 19.0 Å². The molecule has 17 heavy (non-hydrogen) atoms. The van der Waals surface area contributed by atoms with Gasteiger partial charge in [0.2, 0.25) is 0 Å². The van der Waals surface area contributed by atoms with E-state index >= 15 is 0 Å². The summed E-state index contributed by atoms with van der Waals surface area (Å²) >= 11 is 4.36. The van der Waals surface area contributed by atoms with Crippen molar-refractivity contribution in [1.29, 1.82) is 0 Å². The molecule has 1 atom stereocenters. The van der Waals surface area contributed by atoms with Gasteiger partial charge in [-0.25, -0.2) is 0 Å². The van der Waals surface area contributed by atoms with Crippen molar-refractivity contribution in [2.75, 3.05) is 0 Å². The molecule has 0 aromatic heterocycles. The highest BCUT2D eigenvalue weighted by Gasteiger charge is 2.24. The normalized spacial score (nSPS) is 19.5. The zero-order valence-electron chi connectivity index (χ0n) is 8.99. The Morgan fingerprint density at radius 2 is 2.24 bits per heavy atom. The van der Waals surface area contributed by atoms with Crippen LogP contribution in [0.3, 0.4) is 0 Å². The van der Waals surface area contributed by atoms with Gasteiger partial charge in [0.15, 0.2) is 0 Å². The third-order valence-electron chi connectivity index (χ3n) is 2.44. The fraction of sp³-hybridized carbons (Fsp3) is 0.300. The van der Waals surface area contributed by atoms with Gasteiger partial charge in [-0.2, -0.15) is 0 Å². The third kappa shape index (κ3) is 3.04. The van der Waals surface area contributed by atoms with Gasteiger partial charge in [0.05, 0.1) is 6.42 Å². The number of carbonyl (C=O) groups is 1. The van der Waals surface area contributed by atoms with Crippen LogP contribution in [0.5, 0.6) is 11.5 Å². The predicted molar refractivity (Wildman–Crippen MR) is 64.5 cm³/mol. The lowest BCUT2D eigenvalue weighted by atomic mass is 9.95. The van der Waals surface area contributed by atoms with Gasteiger partial charge in [0.25, 0.3) is 0 Å². The molecule has 1 unspecified atom stereocenters. The fourth-order valence-electron chi connectivity index (χ4n) is 1.73. The summed E-state index contributed by atoms with van der Waals surface area (Å²) in [7, 11) is 0. The number of ether oxygens (including phenoxy) is 1. The Morgan fingerprint density at radius 1 is 1.53 bits per heavy atom. The van der Waals surface area contributed by atoms with Gasteiger partial charge in [-0.15, -0.1) is 0 Å². The molecule has 0 spiro atoms. The number of hydrogen-bond acceptors (Lipinski definition) is 4. The summed E-state index contributed by atoms with van der Waals surface area (Å²) < 4.78 is 9.84. The maximum atomic E-state index is 11.3. The van der Waals surface area contributed by atoms with Crippen molar-refractivity contribution in [2.45, 2.75) is 19.3 Å². The Kier molecular flexibility index (Phi) is 3.23. The fourth-order valence-corrected chi connectivity index (χ4v) is 2.37. The second kappa shape index (κ2) is 4.38. The summed E-state index contributed by atoms with van der Waals surface area (Å²) in [5.41, 5.74) is 0.890. The third-order valence-corrected chi connectivity index (χ3v) is 3.11. The quantitative estimate of drug-likeness (QED) is 0.485. The van der Waals surface area contributed by atoms with Crippen LogP contribution < -0.4 is 9.26 Å². The van der Waals surface area contributed by atoms with E-state index in [1.54, 1.807) is 12.1 Å². The first-order valence-electron chi connectivity index (χ1n) is 4.95. The lowest BCUT2D eigenvalue weighted by Gasteiger charge is -2.22. The number of carbonyl (C=O) groups excluding carboxylic acids is 1. The minimum atomic E-state index is -3.76. The number of hydrogen-bond donors (Lipinski definition) is 2. The highest BCUT2D eigenvalue weighted by Crippen LogP contribution is 2.42. The Labute approximate surface area is 103 Å². The zero-order valence-corrected chi connectivity index (χ0v) is 10.7. The van der Waals surface area contributed by atoms with E-state index in [0.29, 0.717) is 12.2 Å². The molecule has 0 fully saturated rings. The first-order chi connectivity index (χ1) is 7.85. The van der Waals surface area contributed by atoms with Crippen LogP contribution in [0.1, 0.15) is 24.8 Å². The monoisotopic (exact) mass is 274 g/mol. The molecule has 1 aromatic rings. The van der Waals surface area contributed by atoms with E-state index in [4.69, 9.17) is 19.0 Å². The Bertz CT molecular complexity index is 509. The van der Waals surface area contributed by atoms with Crippen LogP contribution in [0.25, 0.3) is 0 Å². The molecule has 1 aliphatic rings. The molecule has 1 heterocycles. The molecule has 5 nitrogen and oxygen atoms in total. The number of rotatable bonds is 2. The molecular weight excluding hydrogens is 263 g/mol. The molecule has 1 aliphatic heterocycles. The van der Waals surface area contributed by atoms with Crippen molar-refractivity contribution >= 4 is 24.5 Å². The molecule has 0 saturated heterocycles. The first-order valence-corrected chi connectivity index (χ1v) is 7.57. The van der Waals surface area contributed by atoms with Gasteiger partial charge >= 0.3 is 12.7 Å². The summed E-state index contributed by atoms with van der Waals surface area (Å²) in [6.45, 7) is -1.84. The summed E-state index contributed by atoms with van der Waals surface area (Å²) in [5.74, 6) is 0.329. The smallest absolute Gasteiger partial charge is 0.375 e. The van der Waals surface area contributed by atoms with E-state index in [-0.39, 0.29) is 17.6 Å². The molecule has 2 N–H and O–H groups in total. The van der Waals surface area contributed by atoms with E-state index < -0.39 is 6.72 Å². The van der Waals surface area contributed by atoms with Gasteiger partial charge in [-0.1, -0.05) is 13.0 Å². The van der Waals surface area contributed by atoms with Crippen LogP contribution in [0.15, 0.2) is 18.2 Å². The van der Waals surface area contributed by atoms with E-state index in [0.717, 1.165) is 5.56 Å². The van der Waals surface area contributed by atoms with Crippen molar-refractivity contribution in [3.63, 3.8) is 0 Å².